The van der Waals surface area contributed by atoms with Gasteiger partial charge < -0.3 is 10.6 Å². The lowest BCUT2D eigenvalue weighted by Gasteiger charge is -2.30. The Hall–Kier alpha value is -1.00. The maximum absolute atomic E-state index is 11.0. The van der Waals surface area contributed by atoms with Crippen molar-refractivity contribution in [2.24, 2.45) is 0 Å². The van der Waals surface area contributed by atoms with Crippen LogP contribution < -0.4 is 10.6 Å². The van der Waals surface area contributed by atoms with Gasteiger partial charge in [-0.05, 0) is 44.2 Å². The molecule has 1 amide bonds. The second kappa shape index (κ2) is 6.96. The molecule has 2 atom stereocenters. The Labute approximate surface area is 119 Å². The summed E-state index contributed by atoms with van der Waals surface area (Å²) in [6.45, 7) is 1.53. The van der Waals surface area contributed by atoms with E-state index in [0.717, 1.165) is 5.69 Å². The second-order valence-electron chi connectivity index (χ2n) is 5.04. The minimum absolute atomic E-state index is 0.0251. The van der Waals surface area contributed by atoms with Gasteiger partial charge in [0.05, 0.1) is 0 Å². The van der Waals surface area contributed by atoms with Crippen LogP contribution in [0.15, 0.2) is 29.2 Å². The van der Waals surface area contributed by atoms with Gasteiger partial charge in [-0.1, -0.05) is 12.8 Å². The summed E-state index contributed by atoms with van der Waals surface area (Å²) in [7, 11) is 2.06. The molecule has 2 N–H and O–H groups in total. The Morgan fingerprint density at radius 3 is 2.53 bits per heavy atom. The molecule has 1 aliphatic carbocycles. The zero-order valence-electron chi connectivity index (χ0n) is 11.6. The highest BCUT2D eigenvalue weighted by Crippen LogP contribution is 2.34. The van der Waals surface area contributed by atoms with E-state index in [1.807, 2.05) is 23.9 Å². The molecule has 2 unspecified atom stereocenters. The first-order chi connectivity index (χ1) is 9.19. The quantitative estimate of drug-likeness (QED) is 0.888. The third-order valence-corrected chi connectivity index (χ3v) is 4.95. The van der Waals surface area contributed by atoms with E-state index in [1.54, 1.807) is 0 Å². The molecule has 19 heavy (non-hydrogen) atoms. The molecule has 0 saturated heterocycles. The van der Waals surface area contributed by atoms with Crippen molar-refractivity contribution in [3.05, 3.63) is 24.3 Å². The molecule has 0 radical (unpaired) electrons. The van der Waals surface area contributed by atoms with Crippen molar-refractivity contribution < 1.29 is 4.79 Å². The van der Waals surface area contributed by atoms with Crippen molar-refractivity contribution in [1.29, 1.82) is 0 Å². The summed E-state index contributed by atoms with van der Waals surface area (Å²) in [6.07, 6.45) is 5.23. The molecule has 1 aromatic rings. The van der Waals surface area contributed by atoms with Crippen LogP contribution in [0.4, 0.5) is 5.69 Å². The molecule has 2 rings (SSSR count). The number of thioether (sulfide) groups is 1. The van der Waals surface area contributed by atoms with Crippen LogP contribution in [0.2, 0.25) is 0 Å². The Morgan fingerprint density at radius 2 is 1.89 bits per heavy atom. The Balaban J connectivity index is 1.96. The van der Waals surface area contributed by atoms with Crippen LogP contribution >= 0.6 is 11.8 Å². The number of nitrogens with one attached hydrogen (secondary N) is 2. The lowest BCUT2D eigenvalue weighted by atomic mass is 9.95. The summed E-state index contributed by atoms with van der Waals surface area (Å²) in [4.78, 5) is 12.3. The van der Waals surface area contributed by atoms with Crippen LogP contribution in [0.1, 0.15) is 32.6 Å². The fourth-order valence-electron chi connectivity index (χ4n) is 2.56. The van der Waals surface area contributed by atoms with Crippen LogP contribution in [0.25, 0.3) is 0 Å². The summed E-state index contributed by atoms with van der Waals surface area (Å²) in [5.74, 6) is -0.0251. The lowest BCUT2D eigenvalue weighted by molar-refractivity contribution is -0.114. The fourth-order valence-corrected chi connectivity index (χ4v) is 3.93. The molecule has 4 heteroatoms. The van der Waals surface area contributed by atoms with Crippen molar-refractivity contribution in [3.63, 3.8) is 0 Å². The number of carbonyl (C=O) groups is 1. The molecular formula is C15H22N2OS. The number of carbonyl (C=O) groups excluding carboxylic acids is 1. The molecule has 3 nitrogen and oxygen atoms in total. The molecule has 0 aromatic heterocycles. The van der Waals surface area contributed by atoms with E-state index in [0.29, 0.717) is 11.3 Å². The predicted octanol–water partition coefficient (Wildman–Crippen LogP) is 3.27. The lowest BCUT2D eigenvalue weighted by Crippen LogP contribution is -2.38. The minimum Gasteiger partial charge on any atom is -0.326 e. The van der Waals surface area contributed by atoms with Gasteiger partial charge in [0.25, 0.3) is 0 Å². The van der Waals surface area contributed by atoms with Crippen LogP contribution in [-0.2, 0) is 4.79 Å². The molecule has 0 bridgehead atoms. The number of benzene rings is 1. The minimum atomic E-state index is -0.0251. The smallest absolute Gasteiger partial charge is 0.221 e. The third-order valence-electron chi connectivity index (χ3n) is 3.54. The average molecular weight is 278 g/mol. The van der Waals surface area contributed by atoms with E-state index < -0.39 is 0 Å². The SMILES string of the molecule is CNC1CCCCC1Sc1ccc(NC(C)=O)cc1. The number of rotatable bonds is 4. The van der Waals surface area contributed by atoms with Gasteiger partial charge in [0.1, 0.15) is 0 Å². The zero-order chi connectivity index (χ0) is 13.7. The molecular weight excluding hydrogens is 256 g/mol. The number of anilines is 1. The molecule has 0 aliphatic heterocycles. The number of hydrogen-bond donors (Lipinski definition) is 2. The summed E-state index contributed by atoms with van der Waals surface area (Å²) in [5.41, 5.74) is 0.866. The van der Waals surface area contributed by atoms with E-state index in [-0.39, 0.29) is 5.91 Å². The Kier molecular flexibility index (Phi) is 5.28. The van der Waals surface area contributed by atoms with Gasteiger partial charge in [-0.3, -0.25) is 4.79 Å². The van der Waals surface area contributed by atoms with E-state index in [1.165, 1.54) is 37.5 Å². The van der Waals surface area contributed by atoms with Crippen molar-refractivity contribution in [2.45, 2.75) is 48.8 Å². The molecule has 104 valence electrons. The van der Waals surface area contributed by atoms with Crippen molar-refractivity contribution in [1.82, 2.24) is 5.32 Å². The van der Waals surface area contributed by atoms with Gasteiger partial charge in [-0.25, -0.2) is 0 Å². The van der Waals surface area contributed by atoms with Crippen molar-refractivity contribution >= 4 is 23.4 Å². The maximum atomic E-state index is 11.0. The van der Waals surface area contributed by atoms with E-state index in [4.69, 9.17) is 0 Å². The molecule has 1 fully saturated rings. The first kappa shape index (κ1) is 14.4. The maximum Gasteiger partial charge on any atom is 0.221 e. The fraction of sp³-hybridized carbons (Fsp3) is 0.533. The Morgan fingerprint density at radius 1 is 1.21 bits per heavy atom. The van der Waals surface area contributed by atoms with Crippen LogP contribution in [0.3, 0.4) is 0 Å². The van der Waals surface area contributed by atoms with Crippen LogP contribution in [-0.4, -0.2) is 24.2 Å². The van der Waals surface area contributed by atoms with Crippen molar-refractivity contribution in [3.8, 4) is 0 Å². The first-order valence-electron chi connectivity index (χ1n) is 6.90. The molecule has 1 aliphatic rings. The largest absolute Gasteiger partial charge is 0.326 e. The third kappa shape index (κ3) is 4.25. The summed E-state index contributed by atoms with van der Waals surface area (Å²) in [6, 6.07) is 8.75. The monoisotopic (exact) mass is 278 g/mol. The van der Waals surface area contributed by atoms with E-state index in [2.05, 4.69) is 29.8 Å². The Bertz CT molecular complexity index is 419. The normalized spacial score (nSPS) is 23.1. The highest BCUT2D eigenvalue weighted by Gasteiger charge is 2.24. The summed E-state index contributed by atoms with van der Waals surface area (Å²) >= 11 is 1.95. The van der Waals surface area contributed by atoms with Gasteiger partial charge >= 0.3 is 0 Å². The van der Waals surface area contributed by atoms with Gasteiger partial charge in [0, 0.05) is 28.8 Å². The highest BCUT2D eigenvalue weighted by molar-refractivity contribution is 8.00. The van der Waals surface area contributed by atoms with Crippen LogP contribution in [0, 0.1) is 0 Å². The average Bonchev–Trinajstić information content (AvgIpc) is 2.41. The van der Waals surface area contributed by atoms with Crippen molar-refractivity contribution in [2.75, 3.05) is 12.4 Å². The standard InChI is InChI=1S/C15H22N2OS/c1-11(18)17-12-7-9-13(10-8-12)19-15-6-4-3-5-14(15)16-2/h7-10,14-16H,3-6H2,1-2H3,(H,17,18). The highest BCUT2D eigenvalue weighted by atomic mass is 32.2. The topological polar surface area (TPSA) is 41.1 Å². The van der Waals surface area contributed by atoms with Gasteiger partial charge in [0.2, 0.25) is 5.91 Å². The van der Waals surface area contributed by atoms with Gasteiger partial charge in [-0.2, -0.15) is 0 Å². The van der Waals surface area contributed by atoms with E-state index in [9.17, 15) is 4.79 Å². The number of amides is 1. The second-order valence-corrected chi connectivity index (χ2v) is 6.35. The summed E-state index contributed by atoms with van der Waals surface area (Å²) in [5, 5.41) is 6.89. The predicted molar refractivity (Wildman–Crippen MR) is 81.7 cm³/mol. The zero-order valence-corrected chi connectivity index (χ0v) is 12.4. The first-order valence-corrected chi connectivity index (χ1v) is 7.78. The molecule has 1 saturated carbocycles. The van der Waals surface area contributed by atoms with Gasteiger partial charge in [-0.15, -0.1) is 11.8 Å². The molecule has 0 spiro atoms. The molecule has 0 heterocycles. The summed E-state index contributed by atoms with van der Waals surface area (Å²) < 4.78 is 0. The van der Waals surface area contributed by atoms with E-state index >= 15 is 0 Å². The number of hydrogen-bond acceptors (Lipinski definition) is 3. The molecule has 1 aromatic carbocycles. The van der Waals surface area contributed by atoms with Crippen LogP contribution in [0.5, 0.6) is 0 Å². The van der Waals surface area contributed by atoms with Gasteiger partial charge in [0.15, 0.2) is 0 Å².